The molecule has 1 saturated carbocycles. The van der Waals surface area contributed by atoms with Crippen molar-refractivity contribution in [1.29, 1.82) is 0 Å². The SMILES string of the molecule is CCCC(C)N(C)C(=O)OCc1c(-c2ccc(O[C@H]3CCC[C@H](C(=O)O)C3)cc2)nnn1C. The summed E-state index contributed by atoms with van der Waals surface area (Å²) in [5.41, 5.74) is 2.18. The summed E-state index contributed by atoms with van der Waals surface area (Å²) in [4.78, 5) is 25.3. The third-order valence-electron chi connectivity index (χ3n) is 6.34. The molecule has 0 aliphatic heterocycles. The number of benzene rings is 1. The minimum atomic E-state index is -0.749. The van der Waals surface area contributed by atoms with Gasteiger partial charge in [-0.25, -0.2) is 9.48 Å². The Hall–Kier alpha value is -3.10. The Morgan fingerprint density at radius 1 is 1.27 bits per heavy atom. The fraction of sp³-hybridized carbons (Fsp3) is 0.583. The smallest absolute Gasteiger partial charge is 0.410 e. The number of amides is 1. The van der Waals surface area contributed by atoms with Gasteiger partial charge in [0.15, 0.2) is 0 Å². The Morgan fingerprint density at radius 3 is 2.67 bits per heavy atom. The summed E-state index contributed by atoms with van der Waals surface area (Å²) in [5.74, 6) is -0.393. The normalized spacial score (nSPS) is 19.0. The van der Waals surface area contributed by atoms with Crippen molar-refractivity contribution in [1.82, 2.24) is 19.9 Å². The molecule has 180 valence electrons. The van der Waals surface area contributed by atoms with Crippen molar-refractivity contribution < 1.29 is 24.2 Å². The first-order chi connectivity index (χ1) is 15.8. The number of nitrogens with zero attached hydrogens (tertiary/aromatic N) is 4. The van der Waals surface area contributed by atoms with Crippen LogP contribution in [0.1, 0.15) is 58.1 Å². The van der Waals surface area contributed by atoms with Gasteiger partial charge < -0.3 is 19.5 Å². The first-order valence-corrected chi connectivity index (χ1v) is 11.6. The average molecular weight is 459 g/mol. The summed E-state index contributed by atoms with van der Waals surface area (Å²) >= 11 is 0. The highest BCUT2D eigenvalue weighted by molar-refractivity contribution is 5.70. The molecular weight excluding hydrogens is 424 g/mol. The van der Waals surface area contributed by atoms with Gasteiger partial charge in [-0.3, -0.25) is 4.79 Å². The minimum absolute atomic E-state index is 0.0672. The Labute approximate surface area is 194 Å². The van der Waals surface area contributed by atoms with Gasteiger partial charge in [0.2, 0.25) is 0 Å². The second-order valence-electron chi connectivity index (χ2n) is 8.78. The Bertz CT molecular complexity index is 943. The summed E-state index contributed by atoms with van der Waals surface area (Å²) in [7, 11) is 3.51. The molecule has 9 nitrogen and oxygen atoms in total. The number of carboxylic acids is 1. The zero-order chi connectivity index (χ0) is 24.0. The lowest BCUT2D eigenvalue weighted by Gasteiger charge is -2.27. The molecule has 1 fully saturated rings. The zero-order valence-corrected chi connectivity index (χ0v) is 19.9. The van der Waals surface area contributed by atoms with Gasteiger partial charge in [0.1, 0.15) is 23.7 Å². The van der Waals surface area contributed by atoms with Crippen LogP contribution in [0.4, 0.5) is 4.79 Å². The van der Waals surface area contributed by atoms with E-state index in [1.807, 2.05) is 31.2 Å². The number of hydrogen-bond acceptors (Lipinski definition) is 6. The molecule has 0 saturated heterocycles. The summed E-state index contributed by atoms with van der Waals surface area (Å²) in [6.07, 6.45) is 4.39. The molecule has 3 atom stereocenters. The van der Waals surface area contributed by atoms with E-state index >= 15 is 0 Å². The topological polar surface area (TPSA) is 107 Å². The van der Waals surface area contributed by atoms with Gasteiger partial charge in [0.25, 0.3) is 0 Å². The fourth-order valence-corrected chi connectivity index (χ4v) is 4.15. The van der Waals surface area contributed by atoms with Crippen LogP contribution in [0.5, 0.6) is 5.75 Å². The highest BCUT2D eigenvalue weighted by Gasteiger charge is 2.28. The number of carboxylic acid groups (broad SMARTS) is 1. The van der Waals surface area contributed by atoms with Crippen molar-refractivity contribution in [3.63, 3.8) is 0 Å². The number of carbonyl (C=O) groups excluding carboxylic acids is 1. The van der Waals surface area contributed by atoms with Crippen LogP contribution in [0.25, 0.3) is 11.3 Å². The molecule has 33 heavy (non-hydrogen) atoms. The van der Waals surface area contributed by atoms with Crippen LogP contribution in [0.2, 0.25) is 0 Å². The van der Waals surface area contributed by atoms with Crippen LogP contribution >= 0.6 is 0 Å². The van der Waals surface area contributed by atoms with Crippen LogP contribution in [0, 0.1) is 5.92 Å². The van der Waals surface area contributed by atoms with Gasteiger partial charge in [-0.2, -0.15) is 0 Å². The highest BCUT2D eigenvalue weighted by atomic mass is 16.6. The van der Waals surface area contributed by atoms with Crippen molar-refractivity contribution in [2.45, 2.75) is 71.1 Å². The van der Waals surface area contributed by atoms with Crippen LogP contribution in [0.3, 0.4) is 0 Å². The van der Waals surface area contributed by atoms with Crippen LogP contribution < -0.4 is 4.74 Å². The monoisotopic (exact) mass is 458 g/mol. The molecule has 1 unspecified atom stereocenters. The van der Waals surface area contributed by atoms with Crippen molar-refractivity contribution in [3.8, 4) is 17.0 Å². The number of carbonyl (C=O) groups is 2. The van der Waals surface area contributed by atoms with Crippen LogP contribution in [-0.4, -0.2) is 56.3 Å². The average Bonchev–Trinajstić information content (AvgIpc) is 3.18. The van der Waals surface area contributed by atoms with Crippen LogP contribution in [-0.2, 0) is 23.2 Å². The van der Waals surface area contributed by atoms with Gasteiger partial charge in [0, 0.05) is 25.7 Å². The Balaban J connectivity index is 1.63. The number of rotatable bonds is 9. The molecule has 1 N–H and O–H groups in total. The zero-order valence-electron chi connectivity index (χ0n) is 19.9. The van der Waals surface area contributed by atoms with E-state index in [4.69, 9.17) is 9.47 Å². The third kappa shape index (κ3) is 6.24. The molecule has 0 spiro atoms. The van der Waals surface area contributed by atoms with E-state index in [2.05, 4.69) is 17.2 Å². The van der Waals surface area contributed by atoms with Crippen molar-refractivity contribution in [2.75, 3.05) is 7.05 Å². The molecule has 1 amide bonds. The molecule has 3 rings (SSSR count). The molecule has 0 radical (unpaired) electrons. The number of ether oxygens (including phenoxy) is 2. The Kier molecular flexibility index (Phi) is 8.30. The maximum absolute atomic E-state index is 12.4. The quantitative estimate of drug-likeness (QED) is 0.598. The number of aromatic nitrogens is 3. The van der Waals surface area contributed by atoms with E-state index in [-0.39, 0.29) is 30.8 Å². The van der Waals surface area contributed by atoms with Gasteiger partial charge in [0.05, 0.1) is 12.0 Å². The van der Waals surface area contributed by atoms with Gasteiger partial charge in [-0.15, -0.1) is 5.10 Å². The number of aryl methyl sites for hydroxylation is 1. The van der Waals surface area contributed by atoms with Crippen molar-refractivity contribution in [3.05, 3.63) is 30.0 Å². The summed E-state index contributed by atoms with van der Waals surface area (Å²) in [5, 5.41) is 17.6. The maximum Gasteiger partial charge on any atom is 0.410 e. The van der Waals surface area contributed by atoms with Crippen molar-refractivity contribution in [2.24, 2.45) is 13.0 Å². The summed E-state index contributed by atoms with van der Waals surface area (Å²) < 4.78 is 13.2. The molecule has 9 heteroatoms. The lowest BCUT2D eigenvalue weighted by molar-refractivity contribution is -0.143. The van der Waals surface area contributed by atoms with E-state index in [0.29, 0.717) is 30.0 Å². The fourth-order valence-electron chi connectivity index (χ4n) is 4.15. The molecule has 1 aliphatic carbocycles. The molecule has 1 aromatic carbocycles. The number of aliphatic carboxylic acids is 1. The van der Waals surface area contributed by atoms with E-state index in [1.54, 1.807) is 23.7 Å². The molecule has 2 aromatic rings. The standard InChI is InChI=1S/C24H34N4O5/c1-5-7-16(2)27(3)24(31)32-15-21-22(25-26-28(21)4)17-10-12-19(13-11-17)33-20-9-6-8-18(14-20)23(29)30/h10-13,16,18,20H,5-9,14-15H2,1-4H3,(H,29,30)/t16?,18-,20-/m0/s1. The second kappa shape index (κ2) is 11.2. The molecule has 1 heterocycles. The lowest BCUT2D eigenvalue weighted by atomic mass is 9.87. The predicted octanol–water partition coefficient (Wildman–Crippen LogP) is 4.26. The first kappa shape index (κ1) is 24.5. The van der Waals surface area contributed by atoms with E-state index in [9.17, 15) is 14.7 Å². The Morgan fingerprint density at radius 2 is 2.00 bits per heavy atom. The van der Waals surface area contributed by atoms with E-state index < -0.39 is 5.97 Å². The van der Waals surface area contributed by atoms with Crippen LogP contribution in [0.15, 0.2) is 24.3 Å². The summed E-state index contributed by atoms with van der Waals surface area (Å²) in [6, 6.07) is 7.58. The van der Waals surface area contributed by atoms with E-state index in [1.165, 1.54) is 0 Å². The minimum Gasteiger partial charge on any atom is -0.490 e. The number of hydrogen-bond donors (Lipinski definition) is 1. The molecule has 1 aliphatic rings. The molecule has 0 bridgehead atoms. The van der Waals surface area contributed by atoms with Crippen molar-refractivity contribution >= 4 is 12.1 Å². The maximum atomic E-state index is 12.4. The predicted molar refractivity (Wildman–Crippen MR) is 123 cm³/mol. The van der Waals surface area contributed by atoms with Gasteiger partial charge in [-0.1, -0.05) is 18.6 Å². The first-order valence-electron chi connectivity index (χ1n) is 11.6. The second-order valence-corrected chi connectivity index (χ2v) is 8.78. The van der Waals surface area contributed by atoms with Gasteiger partial charge in [-0.05, 0) is 63.3 Å². The van der Waals surface area contributed by atoms with E-state index in [0.717, 1.165) is 31.2 Å². The highest BCUT2D eigenvalue weighted by Crippen LogP contribution is 2.30. The lowest BCUT2D eigenvalue weighted by Crippen LogP contribution is -2.35. The molecule has 1 aromatic heterocycles. The molecular formula is C24H34N4O5. The third-order valence-corrected chi connectivity index (χ3v) is 6.34. The largest absolute Gasteiger partial charge is 0.490 e. The summed E-state index contributed by atoms with van der Waals surface area (Å²) in [6.45, 7) is 4.15. The van der Waals surface area contributed by atoms with Gasteiger partial charge >= 0.3 is 12.1 Å².